The van der Waals surface area contributed by atoms with Crippen LogP contribution >= 0.6 is 0 Å². The van der Waals surface area contributed by atoms with Crippen LogP contribution in [0.15, 0.2) is 36.7 Å². The standard InChI is InChI=1S/C19H27N5O2/c1-4-24(5-2)17-9-7-16(8-10-17)23-18(25)15-13-21-19(22-14-15)20-11-6-12-26-3/h7-10,13-14H,4-6,11-12H2,1-3H3,(H,23,25)(H,20,21,22). The minimum Gasteiger partial charge on any atom is -0.385 e. The summed E-state index contributed by atoms with van der Waals surface area (Å²) in [5, 5.41) is 5.95. The SMILES string of the molecule is CCN(CC)c1ccc(NC(=O)c2cnc(NCCCOC)nc2)cc1. The van der Waals surface area contributed by atoms with Crippen molar-refractivity contribution in [2.24, 2.45) is 0 Å². The van der Waals surface area contributed by atoms with Crippen LogP contribution in [-0.2, 0) is 4.74 Å². The fourth-order valence-electron chi connectivity index (χ4n) is 2.50. The number of anilines is 3. The Hall–Kier alpha value is -2.67. The van der Waals surface area contributed by atoms with E-state index < -0.39 is 0 Å². The molecule has 7 heteroatoms. The number of amides is 1. The minimum atomic E-state index is -0.230. The molecule has 0 fully saturated rings. The van der Waals surface area contributed by atoms with Crippen LogP contribution in [0.25, 0.3) is 0 Å². The zero-order valence-corrected chi connectivity index (χ0v) is 15.7. The second-order valence-electron chi connectivity index (χ2n) is 5.74. The highest BCUT2D eigenvalue weighted by Gasteiger charge is 2.08. The monoisotopic (exact) mass is 357 g/mol. The van der Waals surface area contributed by atoms with Crippen molar-refractivity contribution in [3.63, 3.8) is 0 Å². The smallest absolute Gasteiger partial charge is 0.258 e. The van der Waals surface area contributed by atoms with Gasteiger partial charge in [0.1, 0.15) is 0 Å². The van der Waals surface area contributed by atoms with Gasteiger partial charge in [-0.2, -0.15) is 0 Å². The molecule has 0 unspecified atom stereocenters. The maximum atomic E-state index is 12.3. The molecule has 26 heavy (non-hydrogen) atoms. The van der Waals surface area contributed by atoms with E-state index in [-0.39, 0.29) is 5.91 Å². The number of carbonyl (C=O) groups excluding carboxylic acids is 1. The Morgan fingerprint density at radius 1 is 1.12 bits per heavy atom. The van der Waals surface area contributed by atoms with Gasteiger partial charge in [0.2, 0.25) is 5.95 Å². The van der Waals surface area contributed by atoms with Crippen LogP contribution in [0.3, 0.4) is 0 Å². The van der Waals surface area contributed by atoms with Crippen molar-refractivity contribution in [3.05, 3.63) is 42.2 Å². The summed E-state index contributed by atoms with van der Waals surface area (Å²) in [6, 6.07) is 7.81. The van der Waals surface area contributed by atoms with Crippen molar-refractivity contribution >= 4 is 23.2 Å². The fraction of sp³-hybridized carbons (Fsp3) is 0.421. The molecule has 0 bridgehead atoms. The first-order chi connectivity index (χ1) is 12.7. The van der Waals surface area contributed by atoms with E-state index in [0.717, 1.165) is 37.4 Å². The molecule has 0 saturated heterocycles. The average molecular weight is 357 g/mol. The molecule has 2 N–H and O–H groups in total. The Balaban J connectivity index is 1.90. The third kappa shape index (κ3) is 5.70. The first-order valence-corrected chi connectivity index (χ1v) is 8.89. The molecule has 1 aromatic carbocycles. The van der Waals surface area contributed by atoms with Gasteiger partial charge in [-0.1, -0.05) is 0 Å². The molecule has 0 aliphatic heterocycles. The summed E-state index contributed by atoms with van der Waals surface area (Å²) in [6.45, 7) is 7.54. The van der Waals surface area contributed by atoms with Gasteiger partial charge in [-0.25, -0.2) is 9.97 Å². The molecule has 1 amide bonds. The number of nitrogens with one attached hydrogen (secondary N) is 2. The van der Waals surface area contributed by atoms with E-state index in [4.69, 9.17) is 4.74 Å². The molecule has 0 atom stereocenters. The molecular weight excluding hydrogens is 330 g/mol. The molecule has 2 aromatic rings. The van der Waals surface area contributed by atoms with Crippen molar-refractivity contribution < 1.29 is 9.53 Å². The quantitative estimate of drug-likeness (QED) is 0.636. The lowest BCUT2D eigenvalue weighted by molar-refractivity contribution is 0.102. The lowest BCUT2D eigenvalue weighted by Gasteiger charge is -2.21. The zero-order chi connectivity index (χ0) is 18.8. The van der Waals surface area contributed by atoms with Gasteiger partial charge in [0.15, 0.2) is 0 Å². The molecule has 7 nitrogen and oxygen atoms in total. The summed E-state index contributed by atoms with van der Waals surface area (Å²) in [4.78, 5) is 22.9. The highest BCUT2D eigenvalue weighted by atomic mass is 16.5. The van der Waals surface area contributed by atoms with E-state index in [1.165, 1.54) is 12.4 Å². The van der Waals surface area contributed by atoms with Crippen molar-refractivity contribution in [2.45, 2.75) is 20.3 Å². The fourth-order valence-corrected chi connectivity index (χ4v) is 2.50. The number of aromatic nitrogens is 2. The van der Waals surface area contributed by atoms with Gasteiger partial charge < -0.3 is 20.3 Å². The number of methoxy groups -OCH3 is 1. The second kappa shape index (κ2) is 10.4. The Bertz CT molecular complexity index is 669. The third-order valence-electron chi connectivity index (χ3n) is 3.98. The number of hydrogen-bond acceptors (Lipinski definition) is 6. The summed E-state index contributed by atoms with van der Waals surface area (Å²) in [7, 11) is 1.67. The van der Waals surface area contributed by atoms with E-state index in [1.807, 2.05) is 24.3 Å². The number of ether oxygens (including phenoxy) is 1. The predicted octanol–water partition coefficient (Wildman–Crippen LogP) is 3.02. The van der Waals surface area contributed by atoms with Crippen molar-refractivity contribution in [2.75, 3.05) is 48.9 Å². The van der Waals surface area contributed by atoms with E-state index in [2.05, 4.69) is 39.3 Å². The van der Waals surface area contributed by atoms with Crippen molar-refractivity contribution in [1.29, 1.82) is 0 Å². The summed E-state index contributed by atoms with van der Waals surface area (Å²) in [5.74, 6) is 0.271. The topological polar surface area (TPSA) is 79.4 Å². The largest absolute Gasteiger partial charge is 0.385 e. The molecular formula is C19H27N5O2. The first kappa shape index (κ1) is 19.7. The van der Waals surface area contributed by atoms with Crippen molar-refractivity contribution in [3.8, 4) is 0 Å². The highest BCUT2D eigenvalue weighted by Crippen LogP contribution is 2.18. The molecule has 1 aromatic heterocycles. The molecule has 2 rings (SSSR count). The number of carbonyl (C=O) groups is 1. The Morgan fingerprint density at radius 2 is 1.77 bits per heavy atom. The van der Waals surface area contributed by atoms with E-state index >= 15 is 0 Å². The van der Waals surface area contributed by atoms with Crippen LogP contribution in [0.5, 0.6) is 0 Å². The second-order valence-corrected chi connectivity index (χ2v) is 5.74. The molecule has 0 radical (unpaired) electrons. The average Bonchev–Trinajstić information content (AvgIpc) is 2.68. The van der Waals surface area contributed by atoms with Gasteiger partial charge in [-0.05, 0) is 44.5 Å². The number of nitrogens with zero attached hydrogens (tertiary/aromatic N) is 3. The van der Waals surface area contributed by atoms with Gasteiger partial charge >= 0.3 is 0 Å². The van der Waals surface area contributed by atoms with Crippen LogP contribution in [0.2, 0.25) is 0 Å². The van der Waals surface area contributed by atoms with Crippen LogP contribution in [0.1, 0.15) is 30.6 Å². The van der Waals surface area contributed by atoms with E-state index in [1.54, 1.807) is 7.11 Å². The molecule has 140 valence electrons. The lowest BCUT2D eigenvalue weighted by Crippen LogP contribution is -2.21. The summed E-state index contributed by atoms with van der Waals surface area (Å²) >= 11 is 0. The summed E-state index contributed by atoms with van der Waals surface area (Å²) in [5.41, 5.74) is 2.30. The highest BCUT2D eigenvalue weighted by molar-refractivity contribution is 6.03. The number of rotatable bonds is 10. The molecule has 0 aliphatic carbocycles. The minimum absolute atomic E-state index is 0.230. The lowest BCUT2D eigenvalue weighted by atomic mass is 10.2. The maximum absolute atomic E-state index is 12.3. The van der Waals surface area contributed by atoms with E-state index in [0.29, 0.717) is 18.1 Å². The molecule has 0 saturated carbocycles. The van der Waals surface area contributed by atoms with Gasteiger partial charge in [0.05, 0.1) is 5.56 Å². The number of benzene rings is 1. The van der Waals surface area contributed by atoms with Gasteiger partial charge in [-0.3, -0.25) is 4.79 Å². The third-order valence-corrected chi connectivity index (χ3v) is 3.98. The van der Waals surface area contributed by atoms with Gasteiger partial charge in [0.25, 0.3) is 5.91 Å². The van der Waals surface area contributed by atoms with Crippen LogP contribution in [0.4, 0.5) is 17.3 Å². The van der Waals surface area contributed by atoms with Crippen LogP contribution in [-0.4, -0.2) is 49.2 Å². The van der Waals surface area contributed by atoms with Crippen molar-refractivity contribution in [1.82, 2.24) is 9.97 Å². The Kier molecular flexibility index (Phi) is 7.82. The van der Waals surface area contributed by atoms with Crippen LogP contribution in [0, 0.1) is 0 Å². The summed E-state index contributed by atoms with van der Waals surface area (Å²) in [6.07, 6.45) is 3.90. The van der Waals surface area contributed by atoms with Gasteiger partial charge in [-0.15, -0.1) is 0 Å². The first-order valence-electron chi connectivity index (χ1n) is 8.89. The maximum Gasteiger partial charge on any atom is 0.258 e. The molecule has 0 aliphatic rings. The Morgan fingerprint density at radius 3 is 2.35 bits per heavy atom. The predicted molar refractivity (Wildman–Crippen MR) is 105 cm³/mol. The zero-order valence-electron chi connectivity index (χ0n) is 15.7. The Labute approximate surface area is 154 Å². The summed E-state index contributed by atoms with van der Waals surface area (Å²) < 4.78 is 4.98. The molecule has 0 spiro atoms. The number of hydrogen-bond donors (Lipinski definition) is 2. The normalized spacial score (nSPS) is 10.4. The van der Waals surface area contributed by atoms with Crippen LogP contribution < -0.4 is 15.5 Å². The van der Waals surface area contributed by atoms with Gasteiger partial charge in [0, 0.05) is 57.1 Å². The molecule has 1 heterocycles. The van der Waals surface area contributed by atoms with E-state index in [9.17, 15) is 4.79 Å².